The second kappa shape index (κ2) is 5.52. The van der Waals surface area contributed by atoms with Gasteiger partial charge in [-0.05, 0) is 48.7 Å². The maximum Gasteiger partial charge on any atom is 0.251 e. The Morgan fingerprint density at radius 1 is 1.19 bits per heavy atom. The molecule has 0 spiro atoms. The molecule has 1 amide bonds. The van der Waals surface area contributed by atoms with E-state index in [1.807, 2.05) is 30.0 Å². The molecule has 21 heavy (non-hydrogen) atoms. The summed E-state index contributed by atoms with van der Waals surface area (Å²) in [6.45, 7) is 2.05. The highest BCUT2D eigenvalue weighted by Crippen LogP contribution is 2.31. The third kappa shape index (κ3) is 2.72. The molecule has 0 saturated carbocycles. The highest BCUT2D eigenvalue weighted by atomic mass is 19.1. The summed E-state index contributed by atoms with van der Waals surface area (Å²) < 4.78 is 12.8. The average molecular weight is 281 g/mol. The van der Waals surface area contributed by atoms with Crippen LogP contribution in [0.5, 0.6) is 0 Å². The molecule has 0 radical (unpaired) electrons. The number of halogens is 1. The van der Waals surface area contributed by atoms with E-state index in [1.165, 1.54) is 17.7 Å². The Hall–Kier alpha value is -2.42. The normalized spacial score (nSPS) is 17.2. The monoisotopic (exact) mass is 281 g/mol. The summed E-state index contributed by atoms with van der Waals surface area (Å²) in [5.74, 6) is -0.322. The molecular formula is C18H16FNO. The average Bonchev–Trinajstić information content (AvgIpc) is 2.82. The van der Waals surface area contributed by atoms with E-state index in [0.717, 1.165) is 17.7 Å². The Bertz CT molecular complexity index is 691. The number of para-hydroxylation sites is 1. The van der Waals surface area contributed by atoms with Crippen molar-refractivity contribution >= 4 is 17.7 Å². The van der Waals surface area contributed by atoms with Gasteiger partial charge in [0.25, 0.3) is 5.91 Å². The van der Waals surface area contributed by atoms with Crippen LogP contribution in [0.25, 0.3) is 6.08 Å². The van der Waals surface area contributed by atoms with Gasteiger partial charge in [-0.2, -0.15) is 0 Å². The molecule has 1 atom stereocenters. The number of fused-ring (bicyclic) bond motifs is 1. The number of carbonyl (C=O) groups excluding carboxylic acids is 1. The van der Waals surface area contributed by atoms with E-state index in [2.05, 4.69) is 6.07 Å². The van der Waals surface area contributed by atoms with Gasteiger partial charge in [0.1, 0.15) is 5.82 Å². The van der Waals surface area contributed by atoms with Crippen LogP contribution in [0.1, 0.15) is 18.1 Å². The minimum absolute atomic E-state index is 0.0447. The zero-order valence-corrected chi connectivity index (χ0v) is 11.8. The van der Waals surface area contributed by atoms with Crippen molar-refractivity contribution in [3.8, 4) is 0 Å². The summed E-state index contributed by atoms with van der Waals surface area (Å²) in [6.07, 6.45) is 4.15. The minimum atomic E-state index is -0.277. The van der Waals surface area contributed by atoms with Gasteiger partial charge in [-0.25, -0.2) is 4.39 Å². The summed E-state index contributed by atoms with van der Waals surface area (Å²) in [7, 11) is 0. The molecule has 0 fully saturated rings. The lowest BCUT2D eigenvalue weighted by molar-refractivity contribution is -0.114. The summed E-state index contributed by atoms with van der Waals surface area (Å²) in [6, 6.07) is 14.2. The number of hydrogen-bond donors (Lipinski definition) is 0. The van der Waals surface area contributed by atoms with Crippen LogP contribution in [0.15, 0.2) is 54.6 Å². The number of hydrogen-bond acceptors (Lipinski definition) is 1. The zero-order chi connectivity index (χ0) is 14.8. The summed E-state index contributed by atoms with van der Waals surface area (Å²) in [5.41, 5.74) is 3.00. The number of rotatable bonds is 2. The highest BCUT2D eigenvalue weighted by Gasteiger charge is 2.28. The van der Waals surface area contributed by atoms with E-state index >= 15 is 0 Å². The fraction of sp³-hybridized carbons (Fsp3) is 0.167. The molecule has 0 N–H and O–H groups in total. The van der Waals surface area contributed by atoms with Crippen molar-refractivity contribution in [1.29, 1.82) is 0 Å². The molecule has 3 rings (SSSR count). The fourth-order valence-corrected chi connectivity index (χ4v) is 2.72. The van der Waals surface area contributed by atoms with Crippen LogP contribution >= 0.6 is 0 Å². The molecule has 0 unspecified atom stereocenters. The van der Waals surface area contributed by atoms with Crippen LogP contribution in [-0.2, 0) is 11.2 Å². The summed E-state index contributed by atoms with van der Waals surface area (Å²) in [5, 5.41) is 0. The Morgan fingerprint density at radius 2 is 1.90 bits per heavy atom. The second-order valence-corrected chi connectivity index (χ2v) is 5.27. The third-order valence-corrected chi connectivity index (χ3v) is 3.73. The first-order valence-electron chi connectivity index (χ1n) is 7.00. The zero-order valence-electron chi connectivity index (χ0n) is 11.8. The van der Waals surface area contributed by atoms with Gasteiger partial charge in [0.15, 0.2) is 0 Å². The standard InChI is InChI=1S/C18H16FNO/c1-13-12-15-4-2-3-5-17(15)20(13)18(21)11-8-14-6-9-16(19)10-7-14/h2-11,13H,12H2,1H3/b11-8+/t13-/m1/s1. The summed E-state index contributed by atoms with van der Waals surface area (Å²) in [4.78, 5) is 14.2. The van der Waals surface area contributed by atoms with Crippen molar-refractivity contribution in [2.24, 2.45) is 0 Å². The van der Waals surface area contributed by atoms with Gasteiger partial charge in [-0.1, -0.05) is 30.3 Å². The molecule has 1 aliphatic rings. The lowest BCUT2D eigenvalue weighted by Crippen LogP contribution is -2.34. The largest absolute Gasteiger partial charge is 0.305 e. The van der Waals surface area contributed by atoms with Crippen molar-refractivity contribution in [2.75, 3.05) is 4.90 Å². The van der Waals surface area contributed by atoms with Crippen molar-refractivity contribution in [3.63, 3.8) is 0 Å². The number of amides is 1. The van der Waals surface area contributed by atoms with E-state index < -0.39 is 0 Å². The fourth-order valence-electron chi connectivity index (χ4n) is 2.72. The third-order valence-electron chi connectivity index (χ3n) is 3.73. The molecule has 0 bridgehead atoms. The van der Waals surface area contributed by atoms with Crippen LogP contribution in [0, 0.1) is 5.82 Å². The second-order valence-electron chi connectivity index (χ2n) is 5.27. The van der Waals surface area contributed by atoms with Gasteiger partial charge >= 0.3 is 0 Å². The van der Waals surface area contributed by atoms with Crippen molar-refractivity contribution in [1.82, 2.24) is 0 Å². The molecule has 0 aliphatic carbocycles. The lowest BCUT2D eigenvalue weighted by atomic mass is 10.1. The van der Waals surface area contributed by atoms with Gasteiger partial charge in [-0.3, -0.25) is 4.79 Å². The summed E-state index contributed by atoms with van der Waals surface area (Å²) >= 11 is 0. The number of nitrogens with zero attached hydrogens (tertiary/aromatic N) is 1. The molecule has 2 nitrogen and oxygen atoms in total. The topological polar surface area (TPSA) is 20.3 Å². The van der Waals surface area contributed by atoms with Gasteiger partial charge in [0.05, 0.1) is 0 Å². The van der Waals surface area contributed by atoms with Crippen molar-refractivity contribution in [3.05, 3.63) is 71.6 Å². The van der Waals surface area contributed by atoms with Crippen LogP contribution in [-0.4, -0.2) is 11.9 Å². The first kappa shape index (κ1) is 13.6. The van der Waals surface area contributed by atoms with Gasteiger partial charge in [0.2, 0.25) is 0 Å². The van der Waals surface area contributed by atoms with E-state index in [-0.39, 0.29) is 17.8 Å². The predicted octanol–water partition coefficient (Wildman–Crippen LogP) is 3.82. The first-order valence-corrected chi connectivity index (χ1v) is 7.00. The van der Waals surface area contributed by atoms with Crippen molar-refractivity contribution in [2.45, 2.75) is 19.4 Å². The number of anilines is 1. The number of carbonyl (C=O) groups is 1. The van der Waals surface area contributed by atoms with Crippen molar-refractivity contribution < 1.29 is 9.18 Å². The smallest absolute Gasteiger partial charge is 0.251 e. The lowest BCUT2D eigenvalue weighted by Gasteiger charge is -2.20. The van der Waals surface area contributed by atoms with Gasteiger partial charge < -0.3 is 4.90 Å². The van der Waals surface area contributed by atoms with Crippen LogP contribution in [0.2, 0.25) is 0 Å². The molecule has 1 aliphatic heterocycles. The van der Waals surface area contributed by atoms with E-state index in [9.17, 15) is 9.18 Å². The first-order chi connectivity index (χ1) is 10.1. The van der Waals surface area contributed by atoms with E-state index in [4.69, 9.17) is 0 Å². The Kier molecular flexibility index (Phi) is 3.57. The molecule has 1 heterocycles. The van der Waals surface area contributed by atoms with Crippen LogP contribution in [0.4, 0.5) is 10.1 Å². The van der Waals surface area contributed by atoms with E-state index in [1.54, 1.807) is 24.3 Å². The molecule has 0 aromatic heterocycles. The Morgan fingerprint density at radius 3 is 2.67 bits per heavy atom. The molecule has 0 saturated heterocycles. The molecule has 2 aromatic carbocycles. The molecule has 3 heteroatoms. The molecular weight excluding hydrogens is 265 g/mol. The Balaban J connectivity index is 1.81. The minimum Gasteiger partial charge on any atom is -0.305 e. The highest BCUT2D eigenvalue weighted by molar-refractivity contribution is 6.05. The van der Waals surface area contributed by atoms with E-state index in [0.29, 0.717) is 0 Å². The van der Waals surface area contributed by atoms with Crippen LogP contribution < -0.4 is 4.90 Å². The maximum absolute atomic E-state index is 12.8. The molecule has 106 valence electrons. The maximum atomic E-state index is 12.8. The quantitative estimate of drug-likeness (QED) is 0.766. The predicted molar refractivity (Wildman–Crippen MR) is 82.5 cm³/mol. The van der Waals surface area contributed by atoms with Gasteiger partial charge in [-0.15, -0.1) is 0 Å². The SMILES string of the molecule is C[C@@H]1Cc2ccccc2N1C(=O)/C=C/c1ccc(F)cc1. The van der Waals surface area contributed by atoms with Gasteiger partial charge in [0, 0.05) is 17.8 Å². The van der Waals surface area contributed by atoms with Crippen LogP contribution in [0.3, 0.4) is 0 Å². The Labute approximate surface area is 123 Å². The number of benzene rings is 2. The molecule has 2 aromatic rings.